The second-order valence-electron chi connectivity index (χ2n) is 7.04. The lowest BCUT2D eigenvalue weighted by Gasteiger charge is -2.20. The lowest BCUT2D eigenvalue weighted by Crippen LogP contribution is -2.36. The number of rotatable bonds is 5. The lowest BCUT2D eigenvalue weighted by molar-refractivity contribution is -0.140. The van der Waals surface area contributed by atoms with Crippen LogP contribution in [-0.2, 0) is 20.9 Å². The molecule has 1 heterocycles. The smallest absolute Gasteiger partial charge is 0.233 e. The average Bonchev–Trinajstić information content (AvgIpc) is 2.88. The second kappa shape index (κ2) is 7.97. The normalized spacial score (nSPS) is 22.5. The number of fused-ring (bicyclic) bond motifs is 1. The van der Waals surface area contributed by atoms with Crippen LogP contribution in [0.5, 0.6) is 0 Å². The molecule has 26 heavy (non-hydrogen) atoms. The molecule has 3 rings (SSSR count). The van der Waals surface area contributed by atoms with Gasteiger partial charge < -0.3 is 4.90 Å². The predicted octanol–water partition coefficient (Wildman–Crippen LogP) is 3.52. The van der Waals surface area contributed by atoms with Crippen molar-refractivity contribution in [3.8, 4) is 0 Å². The number of hydrogen-bond acceptors (Lipinski definition) is 3. The second-order valence-corrected chi connectivity index (χ2v) is 7.82. The van der Waals surface area contributed by atoms with E-state index in [0.717, 1.165) is 31.2 Å². The standard InChI is InChI=1S/C19H22Cl2N2O3/c1-22(11-12-5-4-8-15(20)17(12)21)16(24)9-10-23-18(25)13-6-2-3-7-14(13)19(23)26/h4-5,8,13-14H,2-3,6-7,9-11H2,1H3/t13-,14-/m0/s1. The molecule has 0 bridgehead atoms. The van der Waals surface area contributed by atoms with E-state index in [-0.39, 0.29) is 42.5 Å². The Morgan fingerprint density at radius 1 is 1.15 bits per heavy atom. The van der Waals surface area contributed by atoms with Gasteiger partial charge in [-0.3, -0.25) is 19.3 Å². The Hall–Kier alpha value is -1.59. The van der Waals surface area contributed by atoms with E-state index in [1.165, 1.54) is 9.80 Å². The Morgan fingerprint density at radius 3 is 2.38 bits per heavy atom. The van der Waals surface area contributed by atoms with Gasteiger partial charge in [0.1, 0.15) is 0 Å². The van der Waals surface area contributed by atoms with E-state index >= 15 is 0 Å². The zero-order valence-corrected chi connectivity index (χ0v) is 16.2. The van der Waals surface area contributed by atoms with Crippen LogP contribution in [0.1, 0.15) is 37.7 Å². The fraction of sp³-hybridized carbons (Fsp3) is 0.526. The monoisotopic (exact) mass is 396 g/mol. The number of imide groups is 1. The summed E-state index contributed by atoms with van der Waals surface area (Å²) >= 11 is 12.2. The molecule has 0 spiro atoms. The first kappa shape index (κ1) is 19.2. The van der Waals surface area contributed by atoms with Crippen LogP contribution in [0, 0.1) is 11.8 Å². The van der Waals surface area contributed by atoms with Gasteiger partial charge in [0.25, 0.3) is 0 Å². The molecular formula is C19H22Cl2N2O3. The third-order valence-electron chi connectivity index (χ3n) is 5.35. The minimum absolute atomic E-state index is 0.104. The van der Waals surface area contributed by atoms with Gasteiger partial charge in [0.2, 0.25) is 17.7 Å². The Balaban J connectivity index is 1.57. The van der Waals surface area contributed by atoms with Crippen molar-refractivity contribution in [3.05, 3.63) is 33.8 Å². The predicted molar refractivity (Wildman–Crippen MR) is 99.7 cm³/mol. The summed E-state index contributed by atoms with van der Waals surface area (Å²) in [6.45, 7) is 0.475. The molecule has 1 aromatic carbocycles. The highest BCUT2D eigenvalue weighted by Crippen LogP contribution is 2.38. The van der Waals surface area contributed by atoms with Gasteiger partial charge in [-0.1, -0.05) is 48.2 Å². The summed E-state index contributed by atoms with van der Waals surface area (Å²) in [6.07, 6.45) is 3.68. The van der Waals surface area contributed by atoms with Crippen molar-refractivity contribution >= 4 is 40.9 Å². The number of likely N-dealkylation sites (tertiary alicyclic amines) is 1. The van der Waals surface area contributed by atoms with Crippen molar-refractivity contribution in [2.45, 2.75) is 38.6 Å². The highest BCUT2D eigenvalue weighted by molar-refractivity contribution is 6.42. The number of halogens is 2. The quantitative estimate of drug-likeness (QED) is 0.715. The fourth-order valence-electron chi connectivity index (χ4n) is 3.86. The number of carbonyl (C=O) groups excluding carboxylic acids is 3. The van der Waals surface area contributed by atoms with Gasteiger partial charge >= 0.3 is 0 Å². The Labute approximate surface area is 163 Å². The van der Waals surface area contributed by atoms with E-state index in [0.29, 0.717) is 16.6 Å². The number of nitrogens with zero attached hydrogens (tertiary/aromatic N) is 2. The fourth-order valence-corrected chi connectivity index (χ4v) is 4.24. The molecule has 1 aliphatic heterocycles. The van der Waals surface area contributed by atoms with Crippen molar-refractivity contribution in [3.63, 3.8) is 0 Å². The topological polar surface area (TPSA) is 57.7 Å². The summed E-state index contributed by atoms with van der Waals surface area (Å²) in [4.78, 5) is 40.2. The summed E-state index contributed by atoms with van der Waals surface area (Å²) < 4.78 is 0. The lowest BCUT2D eigenvalue weighted by atomic mass is 9.81. The minimum Gasteiger partial charge on any atom is -0.341 e. The first-order valence-corrected chi connectivity index (χ1v) is 9.68. The Morgan fingerprint density at radius 2 is 1.77 bits per heavy atom. The molecule has 1 aliphatic carbocycles. The molecular weight excluding hydrogens is 375 g/mol. The van der Waals surface area contributed by atoms with Gasteiger partial charge in [-0.2, -0.15) is 0 Å². The number of carbonyl (C=O) groups is 3. The Kier molecular flexibility index (Phi) is 5.88. The van der Waals surface area contributed by atoms with E-state index in [9.17, 15) is 14.4 Å². The van der Waals surface area contributed by atoms with E-state index in [4.69, 9.17) is 23.2 Å². The molecule has 3 amide bonds. The molecule has 1 aromatic rings. The van der Waals surface area contributed by atoms with Gasteiger partial charge in [-0.15, -0.1) is 0 Å². The van der Waals surface area contributed by atoms with Crippen molar-refractivity contribution in [1.82, 2.24) is 9.80 Å². The summed E-state index contributed by atoms with van der Waals surface area (Å²) in [5.74, 6) is -0.693. The van der Waals surface area contributed by atoms with E-state index in [1.54, 1.807) is 19.2 Å². The molecule has 2 atom stereocenters. The number of amides is 3. The van der Waals surface area contributed by atoms with Crippen molar-refractivity contribution < 1.29 is 14.4 Å². The highest BCUT2D eigenvalue weighted by Gasteiger charge is 2.47. The summed E-state index contributed by atoms with van der Waals surface area (Å²) in [7, 11) is 1.67. The Bertz CT molecular complexity index is 713. The maximum atomic E-state index is 12.5. The first-order chi connectivity index (χ1) is 12.4. The summed E-state index contributed by atoms with van der Waals surface area (Å²) in [5, 5.41) is 0.878. The van der Waals surface area contributed by atoms with Crippen LogP contribution in [0.25, 0.3) is 0 Å². The zero-order chi connectivity index (χ0) is 18.8. The van der Waals surface area contributed by atoms with Crippen molar-refractivity contribution in [1.29, 1.82) is 0 Å². The minimum atomic E-state index is -0.172. The zero-order valence-electron chi connectivity index (χ0n) is 14.7. The van der Waals surface area contributed by atoms with Crippen LogP contribution in [0.4, 0.5) is 0 Å². The van der Waals surface area contributed by atoms with Gasteiger partial charge in [0.05, 0.1) is 21.9 Å². The summed E-state index contributed by atoms with van der Waals surface area (Å²) in [5.41, 5.74) is 0.759. The number of benzene rings is 1. The molecule has 1 saturated heterocycles. The van der Waals surface area contributed by atoms with Crippen LogP contribution in [-0.4, -0.2) is 41.1 Å². The molecule has 140 valence electrons. The molecule has 0 N–H and O–H groups in total. The van der Waals surface area contributed by atoms with Crippen LogP contribution >= 0.6 is 23.2 Å². The van der Waals surface area contributed by atoms with Gasteiger partial charge in [0, 0.05) is 26.6 Å². The summed E-state index contributed by atoms with van der Waals surface area (Å²) in [6, 6.07) is 5.29. The SMILES string of the molecule is CN(Cc1cccc(Cl)c1Cl)C(=O)CCN1C(=O)[C@H]2CCCC[C@@H]2C1=O. The molecule has 2 aliphatic rings. The maximum absolute atomic E-state index is 12.5. The van der Waals surface area contributed by atoms with Crippen LogP contribution in [0.15, 0.2) is 18.2 Å². The van der Waals surface area contributed by atoms with Crippen LogP contribution in [0.3, 0.4) is 0 Å². The largest absolute Gasteiger partial charge is 0.341 e. The molecule has 7 heteroatoms. The average molecular weight is 397 g/mol. The van der Waals surface area contributed by atoms with Crippen LogP contribution < -0.4 is 0 Å². The first-order valence-electron chi connectivity index (χ1n) is 8.92. The van der Waals surface area contributed by atoms with Gasteiger partial charge in [-0.25, -0.2) is 0 Å². The maximum Gasteiger partial charge on any atom is 0.233 e. The third kappa shape index (κ3) is 3.74. The third-order valence-corrected chi connectivity index (χ3v) is 6.20. The van der Waals surface area contributed by atoms with E-state index in [2.05, 4.69) is 0 Å². The molecule has 0 radical (unpaired) electrons. The van der Waals surface area contributed by atoms with Crippen molar-refractivity contribution in [2.24, 2.45) is 11.8 Å². The van der Waals surface area contributed by atoms with E-state index < -0.39 is 0 Å². The molecule has 5 nitrogen and oxygen atoms in total. The molecule has 1 saturated carbocycles. The van der Waals surface area contributed by atoms with E-state index in [1.807, 2.05) is 6.07 Å². The van der Waals surface area contributed by atoms with Crippen LogP contribution in [0.2, 0.25) is 10.0 Å². The molecule has 2 fully saturated rings. The number of hydrogen-bond donors (Lipinski definition) is 0. The van der Waals surface area contributed by atoms with Gasteiger partial charge in [-0.05, 0) is 24.5 Å². The van der Waals surface area contributed by atoms with Crippen molar-refractivity contribution in [2.75, 3.05) is 13.6 Å². The highest BCUT2D eigenvalue weighted by atomic mass is 35.5. The van der Waals surface area contributed by atoms with Gasteiger partial charge in [0.15, 0.2) is 0 Å². The molecule has 0 aromatic heterocycles. The molecule has 0 unspecified atom stereocenters.